The zero-order valence-electron chi connectivity index (χ0n) is 9.03. The Morgan fingerprint density at radius 3 is 2.67 bits per heavy atom. The quantitative estimate of drug-likeness (QED) is 0.813. The third-order valence-electron chi connectivity index (χ3n) is 2.19. The Hall–Kier alpha value is -1.84. The minimum atomic E-state index is 0.674. The molecule has 0 aliphatic carbocycles. The Morgan fingerprint density at radius 1 is 1.27 bits per heavy atom. The maximum atomic E-state index is 5.27. The van der Waals surface area contributed by atoms with Gasteiger partial charge in [-0.15, -0.1) is 0 Å². The molecule has 0 saturated heterocycles. The van der Waals surface area contributed by atoms with Crippen LogP contribution in [-0.2, 0) is 0 Å². The van der Waals surface area contributed by atoms with Gasteiger partial charge in [-0.3, -0.25) is 5.10 Å². The number of aryl methyl sites for hydroxylation is 2. The maximum absolute atomic E-state index is 5.27. The van der Waals surface area contributed by atoms with Crippen LogP contribution in [0.1, 0.15) is 11.4 Å². The van der Waals surface area contributed by atoms with E-state index in [4.69, 9.17) is 4.74 Å². The number of ether oxygens (including phenoxy) is 1. The zero-order valence-corrected chi connectivity index (χ0v) is 9.03. The summed E-state index contributed by atoms with van der Waals surface area (Å²) in [5, 5.41) is 6.94. The number of methoxy groups -OCH3 is 1. The lowest BCUT2D eigenvalue weighted by Gasteiger charge is -2.05. The predicted octanol–water partition coefficient (Wildman–Crippen LogP) is 2.10. The van der Waals surface area contributed by atoms with E-state index in [9.17, 15) is 0 Å². The second-order valence-electron chi connectivity index (χ2n) is 3.45. The third kappa shape index (κ3) is 1.83. The molecule has 4 nitrogen and oxygen atoms in total. The van der Waals surface area contributed by atoms with E-state index < -0.39 is 0 Å². The molecule has 0 fully saturated rings. The topological polar surface area (TPSA) is 50.8 Å². The average Bonchev–Trinajstić information content (AvgIpc) is 2.65. The second kappa shape index (κ2) is 3.73. The lowest BCUT2D eigenvalue weighted by atomic mass is 10.1. The van der Waals surface area contributed by atoms with Crippen molar-refractivity contribution < 1.29 is 4.74 Å². The first-order valence-corrected chi connectivity index (χ1v) is 4.74. The second-order valence-corrected chi connectivity index (χ2v) is 3.45. The Labute approximate surface area is 88.3 Å². The van der Waals surface area contributed by atoms with Crippen molar-refractivity contribution in [2.45, 2.75) is 13.8 Å². The number of aromatic amines is 1. The summed E-state index contributed by atoms with van der Waals surface area (Å²) >= 11 is 0. The standard InChI is InChI=1S/C11H13N3O/c1-7-4-5-10(15-3)9(6-7)11-12-8(2)13-14-11/h4-6H,1-3H3,(H,12,13,14). The van der Waals surface area contributed by atoms with E-state index in [1.165, 1.54) is 0 Å². The zero-order chi connectivity index (χ0) is 10.8. The largest absolute Gasteiger partial charge is 0.496 e. The minimum absolute atomic E-state index is 0.674. The number of aromatic nitrogens is 3. The molecule has 0 spiro atoms. The SMILES string of the molecule is COc1ccc(C)cc1-c1n[nH]c(C)n1. The fourth-order valence-electron chi connectivity index (χ4n) is 1.46. The molecule has 0 atom stereocenters. The Morgan fingerprint density at radius 2 is 2.07 bits per heavy atom. The molecular weight excluding hydrogens is 190 g/mol. The summed E-state index contributed by atoms with van der Waals surface area (Å²) in [6.07, 6.45) is 0. The highest BCUT2D eigenvalue weighted by molar-refractivity contribution is 5.64. The van der Waals surface area contributed by atoms with Crippen LogP contribution in [0.3, 0.4) is 0 Å². The van der Waals surface area contributed by atoms with Crippen LogP contribution in [0.2, 0.25) is 0 Å². The number of nitrogens with zero attached hydrogens (tertiary/aromatic N) is 2. The highest BCUT2D eigenvalue weighted by Crippen LogP contribution is 2.27. The van der Waals surface area contributed by atoms with E-state index in [1.807, 2.05) is 32.0 Å². The van der Waals surface area contributed by atoms with Crippen LogP contribution in [0.5, 0.6) is 5.75 Å². The van der Waals surface area contributed by atoms with Gasteiger partial charge in [0.05, 0.1) is 12.7 Å². The molecule has 78 valence electrons. The molecule has 1 heterocycles. The molecular formula is C11H13N3O. The van der Waals surface area contributed by atoms with E-state index in [0.717, 1.165) is 22.7 Å². The summed E-state index contributed by atoms with van der Waals surface area (Å²) in [5.74, 6) is 2.27. The number of benzene rings is 1. The predicted molar refractivity (Wildman–Crippen MR) is 57.8 cm³/mol. The molecule has 0 aliphatic rings. The van der Waals surface area contributed by atoms with Gasteiger partial charge in [0.2, 0.25) is 0 Å². The van der Waals surface area contributed by atoms with Gasteiger partial charge in [0.25, 0.3) is 0 Å². The Balaban J connectivity index is 2.55. The molecule has 0 aliphatic heterocycles. The van der Waals surface area contributed by atoms with Crippen molar-refractivity contribution in [3.8, 4) is 17.1 Å². The third-order valence-corrected chi connectivity index (χ3v) is 2.19. The van der Waals surface area contributed by atoms with Crippen LogP contribution in [0, 0.1) is 13.8 Å². The van der Waals surface area contributed by atoms with Crippen LogP contribution in [-0.4, -0.2) is 22.3 Å². The summed E-state index contributed by atoms with van der Waals surface area (Å²) in [4.78, 5) is 4.28. The van der Waals surface area contributed by atoms with Crippen molar-refractivity contribution in [2.24, 2.45) is 0 Å². The highest BCUT2D eigenvalue weighted by atomic mass is 16.5. The van der Waals surface area contributed by atoms with Gasteiger partial charge in [-0.25, -0.2) is 4.98 Å². The van der Waals surface area contributed by atoms with Crippen LogP contribution in [0.4, 0.5) is 0 Å². The van der Waals surface area contributed by atoms with Crippen molar-refractivity contribution in [3.63, 3.8) is 0 Å². The first-order valence-electron chi connectivity index (χ1n) is 4.74. The van der Waals surface area contributed by atoms with Gasteiger partial charge in [-0.1, -0.05) is 11.6 Å². The average molecular weight is 203 g/mol. The van der Waals surface area contributed by atoms with Crippen molar-refractivity contribution in [2.75, 3.05) is 7.11 Å². The molecule has 2 rings (SSSR count). The lowest BCUT2D eigenvalue weighted by Crippen LogP contribution is -1.90. The van der Waals surface area contributed by atoms with E-state index in [0.29, 0.717) is 5.82 Å². The molecule has 0 amide bonds. The number of H-pyrrole nitrogens is 1. The highest BCUT2D eigenvalue weighted by Gasteiger charge is 2.09. The van der Waals surface area contributed by atoms with Gasteiger partial charge in [0, 0.05) is 0 Å². The van der Waals surface area contributed by atoms with Gasteiger partial charge < -0.3 is 4.74 Å². The molecule has 2 aromatic rings. The van der Waals surface area contributed by atoms with Gasteiger partial charge in [-0.2, -0.15) is 5.10 Å². The van der Waals surface area contributed by atoms with Gasteiger partial charge in [0.1, 0.15) is 11.6 Å². The monoisotopic (exact) mass is 203 g/mol. The van der Waals surface area contributed by atoms with Crippen LogP contribution < -0.4 is 4.74 Å². The van der Waals surface area contributed by atoms with E-state index >= 15 is 0 Å². The molecule has 0 radical (unpaired) electrons. The first-order chi connectivity index (χ1) is 7.20. The number of hydrogen-bond donors (Lipinski definition) is 1. The van der Waals surface area contributed by atoms with Crippen LogP contribution in [0.15, 0.2) is 18.2 Å². The summed E-state index contributed by atoms with van der Waals surface area (Å²) in [7, 11) is 1.65. The summed E-state index contributed by atoms with van der Waals surface area (Å²) in [6.45, 7) is 3.90. The fraction of sp³-hybridized carbons (Fsp3) is 0.273. The molecule has 1 aromatic heterocycles. The molecule has 15 heavy (non-hydrogen) atoms. The van der Waals surface area contributed by atoms with Gasteiger partial charge >= 0.3 is 0 Å². The Kier molecular flexibility index (Phi) is 2.41. The Bertz CT molecular complexity index is 476. The maximum Gasteiger partial charge on any atom is 0.184 e. The van der Waals surface area contributed by atoms with E-state index in [-0.39, 0.29) is 0 Å². The fourth-order valence-corrected chi connectivity index (χ4v) is 1.46. The van der Waals surface area contributed by atoms with Crippen molar-refractivity contribution >= 4 is 0 Å². The molecule has 1 aromatic carbocycles. The lowest BCUT2D eigenvalue weighted by molar-refractivity contribution is 0.416. The van der Waals surface area contributed by atoms with Gasteiger partial charge in [-0.05, 0) is 26.0 Å². The van der Waals surface area contributed by atoms with Crippen molar-refractivity contribution in [1.29, 1.82) is 0 Å². The smallest absolute Gasteiger partial charge is 0.184 e. The van der Waals surface area contributed by atoms with Crippen LogP contribution in [0.25, 0.3) is 11.4 Å². The van der Waals surface area contributed by atoms with Crippen LogP contribution >= 0.6 is 0 Å². The minimum Gasteiger partial charge on any atom is -0.496 e. The number of hydrogen-bond acceptors (Lipinski definition) is 3. The number of rotatable bonds is 2. The molecule has 0 bridgehead atoms. The summed E-state index contributed by atoms with van der Waals surface area (Å²) in [5.41, 5.74) is 2.08. The van der Waals surface area contributed by atoms with Crippen molar-refractivity contribution in [3.05, 3.63) is 29.6 Å². The van der Waals surface area contributed by atoms with E-state index in [1.54, 1.807) is 7.11 Å². The van der Waals surface area contributed by atoms with E-state index in [2.05, 4.69) is 15.2 Å². The summed E-state index contributed by atoms with van der Waals surface area (Å²) < 4.78 is 5.27. The molecule has 0 saturated carbocycles. The summed E-state index contributed by atoms with van der Waals surface area (Å²) in [6, 6.07) is 5.94. The van der Waals surface area contributed by atoms with Crippen molar-refractivity contribution in [1.82, 2.24) is 15.2 Å². The molecule has 0 unspecified atom stereocenters. The molecule has 1 N–H and O–H groups in total. The van der Waals surface area contributed by atoms with Gasteiger partial charge in [0.15, 0.2) is 5.82 Å². The number of nitrogens with one attached hydrogen (secondary N) is 1. The normalized spacial score (nSPS) is 10.3. The molecule has 4 heteroatoms. The first kappa shape index (κ1) is 9.71.